The molecule has 0 heterocycles. The Balaban J connectivity index is 2.30. The lowest BCUT2D eigenvalue weighted by Gasteiger charge is -2.34. The molecule has 20 heavy (non-hydrogen) atoms. The normalized spacial score (nSPS) is 18.7. The van der Waals surface area contributed by atoms with Gasteiger partial charge in [-0.25, -0.2) is 0 Å². The van der Waals surface area contributed by atoms with Crippen LogP contribution in [0.1, 0.15) is 31.7 Å². The van der Waals surface area contributed by atoms with Gasteiger partial charge in [-0.15, -0.1) is 0 Å². The van der Waals surface area contributed by atoms with Crippen molar-refractivity contribution in [3.63, 3.8) is 0 Å². The molecule has 2 nitrogen and oxygen atoms in total. The molecular weight excluding hydrogens is 289 g/mol. The van der Waals surface area contributed by atoms with E-state index in [9.17, 15) is 13.2 Å². The highest BCUT2D eigenvalue weighted by atomic mass is 35.5. The van der Waals surface area contributed by atoms with Gasteiger partial charge in [-0.1, -0.05) is 18.5 Å². The first-order valence-corrected chi connectivity index (χ1v) is 7.04. The van der Waals surface area contributed by atoms with Crippen molar-refractivity contribution in [2.24, 2.45) is 11.7 Å². The van der Waals surface area contributed by atoms with E-state index in [4.69, 9.17) is 17.3 Å². The van der Waals surface area contributed by atoms with Crippen LogP contribution < -0.4 is 11.1 Å². The van der Waals surface area contributed by atoms with Gasteiger partial charge < -0.3 is 11.1 Å². The molecule has 6 heteroatoms. The predicted octanol–water partition coefficient (Wildman–Crippen LogP) is 4.29. The maximum absolute atomic E-state index is 12.8. The maximum Gasteiger partial charge on any atom is 0.416 e. The van der Waals surface area contributed by atoms with Crippen molar-refractivity contribution in [3.8, 4) is 0 Å². The van der Waals surface area contributed by atoms with Crippen molar-refractivity contribution in [2.45, 2.75) is 37.9 Å². The Morgan fingerprint density at radius 3 is 2.40 bits per heavy atom. The molecule has 0 aliphatic heterocycles. The SMILES string of the molecule is CCC(CN)(Nc1cc(Cl)cc(C(F)(F)F)c1)C1CC1. The van der Waals surface area contributed by atoms with E-state index in [1.165, 1.54) is 6.07 Å². The Hall–Kier alpha value is -0.940. The van der Waals surface area contributed by atoms with E-state index in [1.807, 2.05) is 6.92 Å². The van der Waals surface area contributed by atoms with E-state index in [0.717, 1.165) is 31.4 Å². The van der Waals surface area contributed by atoms with Crippen LogP contribution in [0.3, 0.4) is 0 Å². The molecule has 1 atom stereocenters. The highest BCUT2D eigenvalue weighted by Crippen LogP contribution is 2.43. The quantitative estimate of drug-likeness (QED) is 0.851. The highest BCUT2D eigenvalue weighted by Gasteiger charge is 2.43. The molecule has 1 unspecified atom stereocenters. The maximum atomic E-state index is 12.8. The van der Waals surface area contributed by atoms with Crippen LogP contribution in [0.4, 0.5) is 18.9 Å². The average Bonchev–Trinajstić information content (AvgIpc) is 3.19. The van der Waals surface area contributed by atoms with Crippen LogP contribution in [0.15, 0.2) is 18.2 Å². The molecule has 0 aromatic heterocycles. The summed E-state index contributed by atoms with van der Waals surface area (Å²) >= 11 is 5.80. The molecule has 112 valence electrons. The van der Waals surface area contributed by atoms with Gasteiger partial charge in [0, 0.05) is 17.3 Å². The first kappa shape index (κ1) is 15.4. The molecule has 3 N–H and O–H groups in total. The fraction of sp³-hybridized carbons (Fsp3) is 0.571. The second kappa shape index (κ2) is 5.45. The lowest BCUT2D eigenvalue weighted by molar-refractivity contribution is -0.137. The Morgan fingerprint density at radius 1 is 1.30 bits per heavy atom. The van der Waals surface area contributed by atoms with E-state index in [2.05, 4.69) is 5.32 Å². The second-order valence-electron chi connectivity index (χ2n) is 5.34. The van der Waals surface area contributed by atoms with Crippen LogP contribution in [0.2, 0.25) is 5.02 Å². The number of halogens is 4. The first-order chi connectivity index (χ1) is 9.30. The van der Waals surface area contributed by atoms with Crippen LogP contribution in [0.25, 0.3) is 0 Å². The van der Waals surface area contributed by atoms with Crippen LogP contribution >= 0.6 is 11.6 Å². The largest absolute Gasteiger partial charge is 0.416 e. The van der Waals surface area contributed by atoms with Gasteiger partial charge in [0.2, 0.25) is 0 Å². The van der Waals surface area contributed by atoms with Crippen LogP contribution in [-0.4, -0.2) is 12.1 Å². The third-order valence-corrected chi connectivity index (χ3v) is 4.19. The molecule has 0 bridgehead atoms. The fourth-order valence-electron chi connectivity index (χ4n) is 2.59. The Morgan fingerprint density at radius 2 is 1.95 bits per heavy atom. The van der Waals surface area contributed by atoms with E-state index >= 15 is 0 Å². The third-order valence-electron chi connectivity index (χ3n) is 3.97. The van der Waals surface area contributed by atoms with Crippen molar-refractivity contribution in [3.05, 3.63) is 28.8 Å². The number of alkyl halides is 3. The summed E-state index contributed by atoms with van der Waals surface area (Å²) in [6, 6.07) is 3.54. The third kappa shape index (κ3) is 3.20. The van der Waals surface area contributed by atoms with Crippen LogP contribution in [0, 0.1) is 5.92 Å². The molecule has 1 aliphatic carbocycles. The lowest BCUT2D eigenvalue weighted by atomic mass is 9.89. The molecule has 1 aromatic rings. The highest BCUT2D eigenvalue weighted by molar-refractivity contribution is 6.30. The van der Waals surface area contributed by atoms with Gasteiger partial charge in [-0.2, -0.15) is 13.2 Å². The van der Waals surface area contributed by atoms with Crippen molar-refractivity contribution in [1.29, 1.82) is 0 Å². The minimum absolute atomic E-state index is 0.0696. The number of benzene rings is 1. The number of nitrogens with one attached hydrogen (secondary N) is 1. The summed E-state index contributed by atoms with van der Waals surface area (Å²) in [6.07, 6.45) is -1.52. The van der Waals surface area contributed by atoms with E-state index in [1.54, 1.807) is 0 Å². The summed E-state index contributed by atoms with van der Waals surface area (Å²) in [5, 5.41) is 3.27. The van der Waals surface area contributed by atoms with E-state index < -0.39 is 11.7 Å². The molecule has 1 saturated carbocycles. The summed E-state index contributed by atoms with van der Waals surface area (Å²) in [4.78, 5) is 0. The van der Waals surface area contributed by atoms with Gasteiger partial charge in [-0.05, 0) is 43.4 Å². The Bertz CT molecular complexity index is 480. The smallest absolute Gasteiger partial charge is 0.378 e. The summed E-state index contributed by atoms with van der Waals surface area (Å²) in [7, 11) is 0. The molecule has 0 radical (unpaired) electrons. The standard InChI is InChI=1S/C14H18ClF3N2/c1-2-13(8-19,9-3-4-9)20-12-6-10(14(16,17)18)5-11(15)7-12/h5-7,9,20H,2-4,8,19H2,1H3. The molecule has 1 aliphatic rings. The average molecular weight is 307 g/mol. The molecular formula is C14H18ClF3N2. The summed E-state index contributed by atoms with van der Waals surface area (Å²) < 4.78 is 38.4. The van der Waals surface area contributed by atoms with Crippen molar-refractivity contribution in [1.82, 2.24) is 0 Å². The first-order valence-electron chi connectivity index (χ1n) is 6.67. The number of hydrogen-bond donors (Lipinski definition) is 2. The van der Waals surface area contributed by atoms with Crippen molar-refractivity contribution < 1.29 is 13.2 Å². The molecule has 1 fully saturated rings. The van der Waals surface area contributed by atoms with E-state index in [-0.39, 0.29) is 10.6 Å². The van der Waals surface area contributed by atoms with Gasteiger partial charge in [0.25, 0.3) is 0 Å². The number of nitrogens with two attached hydrogens (primary N) is 1. The molecule has 0 saturated heterocycles. The number of anilines is 1. The summed E-state index contributed by atoms with van der Waals surface area (Å²) in [6.45, 7) is 2.38. The Kier molecular flexibility index (Phi) is 4.21. The number of rotatable bonds is 5. The minimum atomic E-state index is -4.40. The van der Waals surface area contributed by atoms with Gasteiger partial charge in [0.05, 0.1) is 11.1 Å². The zero-order chi connectivity index (χ0) is 15.0. The van der Waals surface area contributed by atoms with Crippen molar-refractivity contribution >= 4 is 17.3 Å². The molecule has 1 aromatic carbocycles. The van der Waals surface area contributed by atoms with Crippen molar-refractivity contribution in [2.75, 3.05) is 11.9 Å². The molecule has 2 rings (SSSR count). The Labute approximate surface area is 121 Å². The summed E-state index contributed by atoms with van der Waals surface area (Å²) in [5.74, 6) is 0.422. The topological polar surface area (TPSA) is 38.0 Å². The second-order valence-corrected chi connectivity index (χ2v) is 5.78. The van der Waals surface area contributed by atoms with Gasteiger partial charge in [0.1, 0.15) is 0 Å². The number of hydrogen-bond acceptors (Lipinski definition) is 2. The molecule has 0 spiro atoms. The lowest BCUT2D eigenvalue weighted by Crippen LogP contribution is -2.47. The van der Waals surface area contributed by atoms with Crippen LogP contribution in [-0.2, 0) is 6.18 Å². The zero-order valence-electron chi connectivity index (χ0n) is 11.2. The zero-order valence-corrected chi connectivity index (χ0v) is 12.0. The molecule has 0 amide bonds. The van der Waals surface area contributed by atoms with Crippen LogP contribution in [0.5, 0.6) is 0 Å². The predicted molar refractivity (Wildman–Crippen MR) is 74.9 cm³/mol. The van der Waals surface area contributed by atoms with E-state index in [0.29, 0.717) is 18.2 Å². The summed E-state index contributed by atoms with van der Waals surface area (Å²) in [5.41, 5.74) is 5.15. The monoisotopic (exact) mass is 306 g/mol. The van der Waals surface area contributed by atoms with Gasteiger partial charge >= 0.3 is 6.18 Å². The van der Waals surface area contributed by atoms with Gasteiger partial charge in [-0.3, -0.25) is 0 Å². The fourth-order valence-corrected chi connectivity index (χ4v) is 2.83. The van der Waals surface area contributed by atoms with Gasteiger partial charge in [0.15, 0.2) is 0 Å². The minimum Gasteiger partial charge on any atom is -0.378 e.